The molecule has 1 aromatic rings. The van der Waals surface area contributed by atoms with Gasteiger partial charge in [0.25, 0.3) is 0 Å². The summed E-state index contributed by atoms with van der Waals surface area (Å²) in [6.45, 7) is 2.62. The molecule has 1 rings (SSSR count). The summed E-state index contributed by atoms with van der Waals surface area (Å²) in [5, 5.41) is 8.43. The third-order valence-corrected chi connectivity index (χ3v) is 2.54. The topological polar surface area (TPSA) is 72.8 Å². The van der Waals surface area contributed by atoms with E-state index in [0.717, 1.165) is 25.7 Å². The Morgan fingerprint density at radius 1 is 1.16 bits per heavy atom. The highest BCUT2D eigenvalue weighted by atomic mass is 16.7. The molecule has 5 nitrogen and oxygen atoms in total. The molecular weight excluding hydrogens is 248 g/mol. The van der Waals surface area contributed by atoms with Crippen LogP contribution < -0.4 is 4.74 Å². The van der Waals surface area contributed by atoms with E-state index in [1.807, 2.05) is 0 Å². The molecule has 0 aromatic heterocycles. The van der Waals surface area contributed by atoms with Crippen LogP contribution in [0, 0.1) is 0 Å². The summed E-state index contributed by atoms with van der Waals surface area (Å²) < 4.78 is 9.61. The molecule has 1 N–H and O–H groups in total. The van der Waals surface area contributed by atoms with Crippen molar-refractivity contribution in [3.63, 3.8) is 0 Å². The lowest BCUT2D eigenvalue weighted by Crippen LogP contribution is -2.12. The lowest BCUT2D eigenvalue weighted by Gasteiger charge is -2.09. The van der Waals surface area contributed by atoms with Gasteiger partial charge in [-0.3, -0.25) is 0 Å². The third kappa shape index (κ3) is 5.42. The van der Waals surface area contributed by atoms with Crippen LogP contribution in [0.1, 0.15) is 43.0 Å². The molecule has 104 valence electrons. The van der Waals surface area contributed by atoms with Gasteiger partial charge in [0.1, 0.15) is 11.3 Å². The van der Waals surface area contributed by atoms with Crippen molar-refractivity contribution in [1.82, 2.24) is 0 Å². The van der Waals surface area contributed by atoms with E-state index in [4.69, 9.17) is 9.84 Å². The number of benzene rings is 1. The molecule has 5 heteroatoms. The van der Waals surface area contributed by atoms with Crippen molar-refractivity contribution in [2.45, 2.75) is 32.6 Å². The Bertz CT molecular complexity index is 428. The molecule has 0 aliphatic carbocycles. The lowest BCUT2D eigenvalue weighted by molar-refractivity contribution is 0.0505. The summed E-state index contributed by atoms with van der Waals surface area (Å²) >= 11 is 0. The van der Waals surface area contributed by atoms with Gasteiger partial charge in [-0.1, -0.05) is 38.3 Å². The maximum absolute atomic E-state index is 11.5. The molecule has 0 aliphatic heterocycles. The smallest absolute Gasteiger partial charge is 0.493 e. The van der Waals surface area contributed by atoms with Crippen LogP contribution in [0.3, 0.4) is 0 Å². The number of ether oxygens (including phenoxy) is 2. The number of para-hydroxylation sites is 1. The standard InChI is InChI=1S/C14H18O5/c1-2-3-4-7-10-18-12-9-6-5-8-11(12)13(15)19-14(16)17/h5-6,8-9H,2-4,7,10H2,1H3,(H,16,17). The zero-order valence-electron chi connectivity index (χ0n) is 10.9. The summed E-state index contributed by atoms with van der Waals surface area (Å²) in [4.78, 5) is 21.9. The van der Waals surface area contributed by atoms with Crippen LogP contribution in [0.2, 0.25) is 0 Å². The molecule has 0 saturated heterocycles. The van der Waals surface area contributed by atoms with Gasteiger partial charge in [-0.15, -0.1) is 0 Å². The van der Waals surface area contributed by atoms with Gasteiger partial charge >= 0.3 is 12.1 Å². The van der Waals surface area contributed by atoms with Gasteiger partial charge in [0.15, 0.2) is 0 Å². The van der Waals surface area contributed by atoms with Crippen molar-refractivity contribution in [2.24, 2.45) is 0 Å². The van der Waals surface area contributed by atoms with E-state index in [1.165, 1.54) is 6.07 Å². The van der Waals surface area contributed by atoms with Gasteiger partial charge in [-0.25, -0.2) is 9.59 Å². The number of rotatable bonds is 7. The van der Waals surface area contributed by atoms with Crippen molar-refractivity contribution in [2.75, 3.05) is 6.61 Å². The normalized spacial score (nSPS) is 9.95. The first-order chi connectivity index (χ1) is 9.15. The molecule has 0 radical (unpaired) electrons. The van der Waals surface area contributed by atoms with Gasteiger partial charge in [-0.05, 0) is 18.6 Å². The number of carboxylic acid groups (broad SMARTS) is 1. The van der Waals surface area contributed by atoms with E-state index in [2.05, 4.69) is 11.7 Å². The Hall–Kier alpha value is -2.04. The average Bonchev–Trinajstić information content (AvgIpc) is 2.38. The largest absolute Gasteiger partial charge is 0.513 e. The predicted octanol–water partition coefficient (Wildman–Crippen LogP) is 3.48. The first-order valence-corrected chi connectivity index (χ1v) is 6.32. The summed E-state index contributed by atoms with van der Waals surface area (Å²) in [6, 6.07) is 6.45. The number of carbonyl (C=O) groups is 2. The fourth-order valence-corrected chi connectivity index (χ4v) is 1.61. The Morgan fingerprint density at radius 2 is 1.89 bits per heavy atom. The Labute approximate surface area is 112 Å². The van der Waals surface area contributed by atoms with Crippen molar-refractivity contribution >= 4 is 12.1 Å². The lowest BCUT2D eigenvalue weighted by atomic mass is 10.2. The van der Waals surface area contributed by atoms with E-state index in [1.54, 1.807) is 18.2 Å². The van der Waals surface area contributed by atoms with Crippen molar-refractivity contribution in [3.05, 3.63) is 29.8 Å². The third-order valence-electron chi connectivity index (χ3n) is 2.54. The molecule has 19 heavy (non-hydrogen) atoms. The van der Waals surface area contributed by atoms with Crippen LogP contribution in [0.5, 0.6) is 5.75 Å². The Balaban J connectivity index is 2.57. The van der Waals surface area contributed by atoms with E-state index in [-0.39, 0.29) is 5.56 Å². The first-order valence-electron chi connectivity index (χ1n) is 6.32. The minimum absolute atomic E-state index is 0.125. The van der Waals surface area contributed by atoms with Gasteiger partial charge < -0.3 is 14.6 Å². The second-order valence-electron chi connectivity index (χ2n) is 4.06. The number of hydrogen-bond acceptors (Lipinski definition) is 4. The quantitative estimate of drug-likeness (QED) is 0.464. The molecule has 0 amide bonds. The summed E-state index contributed by atoms with van der Waals surface area (Å²) in [6.07, 6.45) is 2.63. The molecule has 0 aliphatic rings. The van der Waals surface area contributed by atoms with Crippen molar-refractivity contribution in [3.8, 4) is 5.75 Å². The van der Waals surface area contributed by atoms with Gasteiger partial charge in [0.05, 0.1) is 6.61 Å². The molecule has 0 saturated carbocycles. The van der Waals surface area contributed by atoms with E-state index < -0.39 is 12.1 Å². The highest BCUT2D eigenvalue weighted by Gasteiger charge is 2.16. The van der Waals surface area contributed by atoms with E-state index in [9.17, 15) is 9.59 Å². The second-order valence-corrected chi connectivity index (χ2v) is 4.06. The van der Waals surface area contributed by atoms with Gasteiger partial charge in [0.2, 0.25) is 0 Å². The van der Waals surface area contributed by atoms with Crippen LogP contribution in [0.25, 0.3) is 0 Å². The number of carbonyl (C=O) groups excluding carboxylic acids is 1. The molecule has 0 unspecified atom stereocenters. The number of unbranched alkanes of at least 4 members (excludes halogenated alkanes) is 3. The van der Waals surface area contributed by atoms with Crippen LogP contribution in [0.4, 0.5) is 4.79 Å². The molecule has 0 spiro atoms. The molecule has 0 atom stereocenters. The van der Waals surface area contributed by atoms with Crippen molar-refractivity contribution in [1.29, 1.82) is 0 Å². The zero-order chi connectivity index (χ0) is 14.1. The van der Waals surface area contributed by atoms with E-state index in [0.29, 0.717) is 12.4 Å². The highest BCUT2D eigenvalue weighted by Crippen LogP contribution is 2.19. The SMILES string of the molecule is CCCCCCOc1ccccc1C(=O)OC(=O)O. The number of hydrogen-bond donors (Lipinski definition) is 1. The number of esters is 1. The minimum Gasteiger partial charge on any atom is -0.493 e. The summed E-state index contributed by atoms with van der Waals surface area (Å²) in [7, 11) is 0. The van der Waals surface area contributed by atoms with Crippen LogP contribution >= 0.6 is 0 Å². The summed E-state index contributed by atoms with van der Waals surface area (Å²) in [5.41, 5.74) is 0.125. The predicted molar refractivity (Wildman–Crippen MR) is 69.5 cm³/mol. The van der Waals surface area contributed by atoms with Crippen molar-refractivity contribution < 1.29 is 24.2 Å². The Morgan fingerprint density at radius 3 is 2.58 bits per heavy atom. The van der Waals surface area contributed by atoms with Gasteiger partial charge in [-0.2, -0.15) is 0 Å². The maximum Gasteiger partial charge on any atom is 0.513 e. The molecule has 0 bridgehead atoms. The molecular formula is C14H18O5. The Kier molecular flexibility index (Phi) is 6.43. The zero-order valence-corrected chi connectivity index (χ0v) is 10.9. The van der Waals surface area contributed by atoms with E-state index >= 15 is 0 Å². The second kappa shape index (κ2) is 8.13. The first kappa shape index (κ1) is 15.0. The molecule has 0 heterocycles. The highest BCUT2D eigenvalue weighted by molar-refractivity contribution is 5.97. The van der Waals surface area contributed by atoms with Crippen LogP contribution in [-0.2, 0) is 4.74 Å². The molecule has 0 fully saturated rings. The van der Waals surface area contributed by atoms with Crippen LogP contribution in [0.15, 0.2) is 24.3 Å². The fraction of sp³-hybridized carbons (Fsp3) is 0.429. The fourth-order valence-electron chi connectivity index (χ4n) is 1.61. The van der Waals surface area contributed by atoms with Gasteiger partial charge in [0, 0.05) is 0 Å². The summed E-state index contributed by atoms with van der Waals surface area (Å²) in [5.74, 6) is -0.568. The molecule has 1 aromatic carbocycles. The minimum atomic E-state index is -1.62. The van der Waals surface area contributed by atoms with Crippen LogP contribution in [-0.4, -0.2) is 23.8 Å². The monoisotopic (exact) mass is 266 g/mol. The average molecular weight is 266 g/mol. The maximum atomic E-state index is 11.5.